The monoisotopic (exact) mass is 373 g/mol. The number of aliphatic imine (C=N–C) groups is 1. The van der Waals surface area contributed by atoms with E-state index in [2.05, 4.69) is 31.1 Å². The molecule has 1 heterocycles. The fourth-order valence-corrected chi connectivity index (χ4v) is 2.94. The van der Waals surface area contributed by atoms with Crippen molar-refractivity contribution >= 4 is 21.9 Å². The third-order valence-corrected chi connectivity index (χ3v) is 3.83. The van der Waals surface area contributed by atoms with Crippen LogP contribution >= 0.6 is 15.9 Å². The second kappa shape index (κ2) is 8.45. The second-order valence-corrected chi connectivity index (χ2v) is 5.99. The second-order valence-electron chi connectivity index (χ2n) is 5.07. The highest BCUT2D eigenvalue weighted by atomic mass is 79.9. The normalized spacial score (nSPS) is 19.4. The van der Waals surface area contributed by atoms with Crippen LogP contribution in [-0.2, 0) is 16.0 Å². The Kier molecular flexibility index (Phi) is 6.60. The Balaban J connectivity index is 1.94. The number of nitrogens with zero attached hydrogens (tertiary/aromatic N) is 2. The van der Waals surface area contributed by atoms with Crippen molar-refractivity contribution in [3.8, 4) is 0 Å². The summed E-state index contributed by atoms with van der Waals surface area (Å²) in [6, 6.07) is 4.84. The summed E-state index contributed by atoms with van der Waals surface area (Å²) in [7, 11) is 3.40. The zero-order valence-electron chi connectivity index (χ0n) is 12.8. The molecular formula is C15H21BrFN3O2. The number of hydrogen-bond acceptors (Lipinski definition) is 3. The number of hydrogen-bond donors (Lipinski definition) is 1. The Morgan fingerprint density at radius 1 is 1.55 bits per heavy atom. The van der Waals surface area contributed by atoms with Crippen molar-refractivity contribution in [2.75, 3.05) is 40.5 Å². The number of nitrogens with one attached hydrogen (secondary N) is 1. The molecule has 1 unspecified atom stereocenters. The van der Waals surface area contributed by atoms with E-state index in [9.17, 15) is 4.39 Å². The van der Waals surface area contributed by atoms with E-state index >= 15 is 0 Å². The van der Waals surface area contributed by atoms with E-state index in [1.165, 1.54) is 12.1 Å². The molecule has 0 bridgehead atoms. The molecule has 2 rings (SSSR count). The molecule has 122 valence electrons. The first-order valence-corrected chi connectivity index (χ1v) is 7.92. The number of ether oxygens (including phenoxy) is 2. The van der Waals surface area contributed by atoms with Crippen molar-refractivity contribution in [2.45, 2.75) is 12.6 Å². The van der Waals surface area contributed by atoms with Gasteiger partial charge in [-0.3, -0.25) is 4.99 Å². The van der Waals surface area contributed by atoms with Crippen molar-refractivity contribution in [1.82, 2.24) is 10.2 Å². The molecule has 0 saturated carbocycles. The van der Waals surface area contributed by atoms with Gasteiger partial charge in [0.15, 0.2) is 5.96 Å². The number of halogens is 2. The van der Waals surface area contributed by atoms with E-state index in [0.717, 1.165) is 29.1 Å². The minimum absolute atomic E-state index is 0.0422. The molecule has 0 radical (unpaired) electrons. The zero-order chi connectivity index (χ0) is 15.9. The van der Waals surface area contributed by atoms with Crippen LogP contribution in [0.15, 0.2) is 27.7 Å². The smallest absolute Gasteiger partial charge is 0.194 e. The maximum absolute atomic E-state index is 13.4. The number of guanidine groups is 1. The van der Waals surface area contributed by atoms with Gasteiger partial charge in [-0.2, -0.15) is 0 Å². The quantitative estimate of drug-likeness (QED) is 0.647. The predicted octanol–water partition coefficient (Wildman–Crippen LogP) is 2.01. The van der Waals surface area contributed by atoms with Crippen LogP contribution in [0.2, 0.25) is 0 Å². The molecule has 1 aromatic rings. The summed E-state index contributed by atoms with van der Waals surface area (Å²) in [5.41, 5.74) is 0.856. The molecule has 0 spiro atoms. The average Bonchev–Trinajstić information content (AvgIpc) is 2.48. The summed E-state index contributed by atoms with van der Waals surface area (Å²) >= 11 is 3.30. The topological polar surface area (TPSA) is 46.1 Å². The van der Waals surface area contributed by atoms with Gasteiger partial charge in [0.05, 0.1) is 19.3 Å². The van der Waals surface area contributed by atoms with Gasteiger partial charge < -0.3 is 19.7 Å². The Labute approximate surface area is 138 Å². The number of morpholine rings is 1. The SMILES string of the molecule is CN=C(NCc1cc(F)cc(Br)c1)N1CCOC(COC)C1. The molecule has 5 nitrogen and oxygen atoms in total. The largest absolute Gasteiger partial charge is 0.382 e. The van der Waals surface area contributed by atoms with Gasteiger partial charge in [-0.15, -0.1) is 0 Å². The van der Waals surface area contributed by atoms with E-state index in [1.807, 2.05) is 6.07 Å². The Morgan fingerprint density at radius 2 is 2.36 bits per heavy atom. The molecule has 1 N–H and O–H groups in total. The highest BCUT2D eigenvalue weighted by Crippen LogP contribution is 2.15. The molecule has 1 atom stereocenters. The van der Waals surface area contributed by atoms with Gasteiger partial charge in [0.1, 0.15) is 5.82 Å². The molecule has 0 aromatic heterocycles. The molecule has 7 heteroatoms. The van der Waals surface area contributed by atoms with E-state index in [0.29, 0.717) is 19.8 Å². The molecule has 1 aliphatic rings. The van der Waals surface area contributed by atoms with Crippen LogP contribution in [0.25, 0.3) is 0 Å². The lowest BCUT2D eigenvalue weighted by Crippen LogP contribution is -2.51. The molecule has 1 fully saturated rings. The van der Waals surface area contributed by atoms with Crippen LogP contribution in [0.5, 0.6) is 0 Å². The highest BCUT2D eigenvalue weighted by Gasteiger charge is 2.22. The van der Waals surface area contributed by atoms with Crippen LogP contribution in [0.3, 0.4) is 0 Å². The molecule has 1 aliphatic heterocycles. The first-order chi connectivity index (χ1) is 10.6. The molecule has 1 aromatic carbocycles. The van der Waals surface area contributed by atoms with Gasteiger partial charge in [0.2, 0.25) is 0 Å². The first-order valence-electron chi connectivity index (χ1n) is 7.13. The third kappa shape index (κ3) is 4.93. The van der Waals surface area contributed by atoms with Crippen molar-refractivity contribution in [2.24, 2.45) is 4.99 Å². The van der Waals surface area contributed by atoms with E-state index in [4.69, 9.17) is 9.47 Å². The zero-order valence-corrected chi connectivity index (χ0v) is 14.4. The van der Waals surface area contributed by atoms with E-state index < -0.39 is 0 Å². The summed E-state index contributed by atoms with van der Waals surface area (Å²) < 4.78 is 24.9. The summed E-state index contributed by atoms with van der Waals surface area (Å²) in [5.74, 6) is 0.525. The lowest BCUT2D eigenvalue weighted by atomic mass is 10.2. The van der Waals surface area contributed by atoms with Crippen molar-refractivity contribution in [3.63, 3.8) is 0 Å². The van der Waals surface area contributed by atoms with Crippen LogP contribution < -0.4 is 5.32 Å². The third-order valence-electron chi connectivity index (χ3n) is 3.38. The highest BCUT2D eigenvalue weighted by molar-refractivity contribution is 9.10. The van der Waals surface area contributed by atoms with Gasteiger partial charge in [0.25, 0.3) is 0 Å². The molecule has 1 saturated heterocycles. The number of methoxy groups -OCH3 is 1. The molecule has 0 aliphatic carbocycles. The number of benzene rings is 1. The summed E-state index contributed by atoms with van der Waals surface area (Å²) in [6.45, 7) is 3.20. The van der Waals surface area contributed by atoms with Crippen LogP contribution in [-0.4, -0.2) is 57.4 Å². The summed E-state index contributed by atoms with van der Waals surface area (Å²) in [6.07, 6.45) is 0.0422. The summed E-state index contributed by atoms with van der Waals surface area (Å²) in [4.78, 5) is 6.42. The average molecular weight is 374 g/mol. The van der Waals surface area contributed by atoms with Crippen molar-refractivity contribution in [1.29, 1.82) is 0 Å². The lowest BCUT2D eigenvalue weighted by Gasteiger charge is -2.34. The molecule has 22 heavy (non-hydrogen) atoms. The fraction of sp³-hybridized carbons (Fsp3) is 0.533. The standard InChI is InChI=1S/C15H21BrFN3O2/c1-18-15(20-3-4-22-14(9-20)10-21-2)19-8-11-5-12(16)7-13(17)6-11/h5-7,14H,3-4,8-10H2,1-2H3,(H,18,19). The predicted molar refractivity (Wildman–Crippen MR) is 87.5 cm³/mol. The Hall–Kier alpha value is -1.18. The molecule has 0 amide bonds. The van der Waals surface area contributed by atoms with Crippen molar-refractivity contribution in [3.05, 3.63) is 34.1 Å². The van der Waals surface area contributed by atoms with Gasteiger partial charge in [-0.25, -0.2) is 4.39 Å². The molecular weight excluding hydrogens is 353 g/mol. The minimum Gasteiger partial charge on any atom is -0.382 e. The Morgan fingerprint density at radius 3 is 3.05 bits per heavy atom. The lowest BCUT2D eigenvalue weighted by molar-refractivity contribution is -0.0447. The van der Waals surface area contributed by atoms with E-state index in [1.54, 1.807) is 14.2 Å². The van der Waals surface area contributed by atoms with Crippen LogP contribution in [0, 0.1) is 5.82 Å². The fourth-order valence-electron chi connectivity index (χ4n) is 2.42. The van der Waals surface area contributed by atoms with Gasteiger partial charge >= 0.3 is 0 Å². The maximum Gasteiger partial charge on any atom is 0.194 e. The Bertz CT molecular complexity index is 505. The number of rotatable bonds is 4. The van der Waals surface area contributed by atoms with Gasteiger partial charge in [0, 0.05) is 38.3 Å². The van der Waals surface area contributed by atoms with Gasteiger partial charge in [-0.1, -0.05) is 15.9 Å². The summed E-state index contributed by atoms with van der Waals surface area (Å²) in [5, 5.41) is 3.26. The minimum atomic E-state index is -0.257. The van der Waals surface area contributed by atoms with Gasteiger partial charge in [-0.05, 0) is 23.8 Å². The van der Waals surface area contributed by atoms with Crippen LogP contribution in [0.4, 0.5) is 4.39 Å². The first kappa shape index (κ1) is 17.2. The maximum atomic E-state index is 13.4. The van der Waals surface area contributed by atoms with E-state index in [-0.39, 0.29) is 11.9 Å². The van der Waals surface area contributed by atoms with Crippen LogP contribution in [0.1, 0.15) is 5.56 Å². The van der Waals surface area contributed by atoms with Crippen molar-refractivity contribution < 1.29 is 13.9 Å².